The van der Waals surface area contributed by atoms with Crippen LogP contribution in [0.5, 0.6) is 0 Å². The van der Waals surface area contributed by atoms with Crippen LogP contribution in [-0.4, -0.2) is 15.5 Å². The molecular formula is C17H14ClN3O. The number of amides is 1. The molecule has 1 amide bonds. The number of aromatic nitrogens is 2. The molecule has 0 aliphatic heterocycles. The molecule has 1 heterocycles. The summed E-state index contributed by atoms with van der Waals surface area (Å²) in [6.07, 6.45) is 5.43. The molecule has 0 saturated heterocycles. The number of hydrogen-bond donors (Lipinski definition) is 1. The number of anilines is 1. The van der Waals surface area contributed by atoms with Crippen LogP contribution < -0.4 is 5.32 Å². The monoisotopic (exact) mass is 311 g/mol. The fourth-order valence-corrected chi connectivity index (χ4v) is 2.31. The van der Waals surface area contributed by atoms with Gasteiger partial charge in [0.25, 0.3) is 5.91 Å². The lowest BCUT2D eigenvalue weighted by Crippen LogP contribution is -2.11. The Morgan fingerprint density at radius 3 is 2.68 bits per heavy atom. The summed E-state index contributed by atoms with van der Waals surface area (Å²) in [5.74, 6) is -0.176. The number of nitrogens with zero attached hydrogens (tertiary/aromatic N) is 2. The zero-order valence-corrected chi connectivity index (χ0v) is 12.5. The quantitative estimate of drug-likeness (QED) is 0.796. The minimum absolute atomic E-state index is 0.176. The second-order valence-electron chi connectivity index (χ2n) is 4.90. The molecule has 3 aromatic rings. The molecule has 0 atom stereocenters. The van der Waals surface area contributed by atoms with Crippen molar-refractivity contribution in [2.45, 2.75) is 6.54 Å². The zero-order chi connectivity index (χ0) is 15.4. The van der Waals surface area contributed by atoms with Crippen molar-refractivity contribution in [1.29, 1.82) is 0 Å². The van der Waals surface area contributed by atoms with Gasteiger partial charge in [-0.2, -0.15) is 0 Å². The van der Waals surface area contributed by atoms with Crippen molar-refractivity contribution in [1.82, 2.24) is 9.55 Å². The Morgan fingerprint density at radius 2 is 2.00 bits per heavy atom. The van der Waals surface area contributed by atoms with Gasteiger partial charge in [0.1, 0.15) is 0 Å². The molecule has 0 aliphatic carbocycles. The van der Waals surface area contributed by atoms with Crippen LogP contribution in [0.3, 0.4) is 0 Å². The van der Waals surface area contributed by atoms with Crippen LogP contribution in [0.15, 0.2) is 67.3 Å². The van der Waals surface area contributed by atoms with Crippen LogP contribution in [-0.2, 0) is 6.54 Å². The number of imidazole rings is 1. The van der Waals surface area contributed by atoms with Gasteiger partial charge in [-0.1, -0.05) is 29.8 Å². The summed E-state index contributed by atoms with van der Waals surface area (Å²) in [5.41, 5.74) is 2.42. The maximum atomic E-state index is 12.1. The Balaban J connectivity index is 1.67. The number of carbonyl (C=O) groups excluding carboxylic acids is 1. The molecule has 2 aromatic carbocycles. The number of hydrogen-bond acceptors (Lipinski definition) is 2. The normalized spacial score (nSPS) is 10.4. The molecule has 0 spiro atoms. The standard InChI is InChI=1S/C17H14ClN3O/c18-15-3-1-2-14(10-15)17(22)20-16-6-4-13(5-7-16)11-21-9-8-19-12-21/h1-10,12H,11H2,(H,20,22). The van der Waals surface area contributed by atoms with Gasteiger partial charge in [0.2, 0.25) is 0 Å². The van der Waals surface area contributed by atoms with E-state index >= 15 is 0 Å². The summed E-state index contributed by atoms with van der Waals surface area (Å²) in [7, 11) is 0. The zero-order valence-electron chi connectivity index (χ0n) is 11.7. The lowest BCUT2D eigenvalue weighted by atomic mass is 10.2. The molecular weight excluding hydrogens is 298 g/mol. The molecule has 22 heavy (non-hydrogen) atoms. The molecule has 5 heteroatoms. The smallest absolute Gasteiger partial charge is 0.255 e. The van der Waals surface area contributed by atoms with Crippen molar-refractivity contribution >= 4 is 23.2 Å². The number of nitrogens with one attached hydrogen (secondary N) is 1. The number of rotatable bonds is 4. The summed E-state index contributed by atoms with van der Waals surface area (Å²) in [6.45, 7) is 0.752. The third-order valence-corrected chi connectivity index (χ3v) is 3.46. The van der Waals surface area contributed by atoms with Crippen LogP contribution >= 0.6 is 11.6 Å². The van der Waals surface area contributed by atoms with Gasteiger partial charge in [-0.25, -0.2) is 4.98 Å². The van der Waals surface area contributed by atoms with E-state index in [9.17, 15) is 4.79 Å². The molecule has 3 rings (SSSR count). The predicted octanol–water partition coefficient (Wildman–Crippen LogP) is 3.84. The van der Waals surface area contributed by atoms with Crippen LogP contribution in [0.4, 0.5) is 5.69 Å². The van der Waals surface area contributed by atoms with E-state index in [1.807, 2.05) is 35.0 Å². The van der Waals surface area contributed by atoms with E-state index in [1.54, 1.807) is 36.8 Å². The highest BCUT2D eigenvalue weighted by atomic mass is 35.5. The summed E-state index contributed by atoms with van der Waals surface area (Å²) >= 11 is 5.89. The van der Waals surface area contributed by atoms with Gasteiger partial charge in [-0.3, -0.25) is 4.79 Å². The number of halogens is 1. The molecule has 1 N–H and O–H groups in total. The van der Waals surface area contributed by atoms with Gasteiger partial charge in [-0.05, 0) is 35.9 Å². The SMILES string of the molecule is O=C(Nc1ccc(Cn2ccnc2)cc1)c1cccc(Cl)c1. The van der Waals surface area contributed by atoms with Gasteiger partial charge in [0.05, 0.1) is 6.33 Å². The molecule has 0 aliphatic rings. The van der Waals surface area contributed by atoms with E-state index in [-0.39, 0.29) is 5.91 Å². The molecule has 0 bridgehead atoms. The van der Waals surface area contributed by atoms with Gasteiger partial charge in [0, 0.05) is 35.2 Å². The van der Waals surface area contributed by atoms with Gasteiger partial charge in [0.15, 0.2) is 0 Å². The molecule has 0 saturated carbocycles. The van der Waals surface area contributed by atoms with Gasteiger partial charge >= 0.3 is 0 Å². The third kappa shape index (κ3) is 3.54. The first-order valence-corrected chi connectivity index (χ1v) is 7.20. The van der Waals surface area contributed by atoms with Crippen molar-refractivity contribution in [3.05, 3.63) is 83.4 Å². The van der Waals surface area contributed by atoms with E-state index in [0.29, 0.717) is 10.6 Å². The van der Waals surface area contributed by atoms with E-state index in [4.69, 9.17) is 11.6 Å². The van der Waals surface area contributed by atoms with Crippen LogP contribution in [0, 0.1) is 0 Å². The predicted molar refractivity (Wildman–Crippen MR) is 87.2 cm³/mol. The lowest BCUT2D eigenvalue weighted by Gasteiger charge is -2.07. The van der Waals surface area contributed by atoms with E-state index in [0.717, 1.165) is 17.8 Å². The second-order valence-corrected chi connectivity index (χ2v) is 5.33. The minimum Gasteiger partial charge on any atom is -0.333 e. The van der Waals surface area contributed by atoms with E-state index in [1.165, 1.54) is 0 Å². The molecule has 0 radical (unpaired) electrons. The Morgan fingerprint density at radius 1 is 1.18 bits per heavy atom. The first kappa shape index (κ1) is 14.4. The summed E-state index contributed by atoms with van der Waals surface area (Å²) in [4.78, 5) is 16.1. The highest BCUT2D eigenvalue weighted by molar-refractivity contribution is 6.31. The Bertz CT molecular complexity index is 767. The summed E-state index contributed by atoms with van der Waals surface area (Å²) < 4.78 is 1.99. The molecule has 4 nitrogen and oxygen atoms in total. The van der Waals surface area contributed by atoms with Crippen LogP contribution in [0.25, 0.3) is 0 Å². The van der Waals surface area contributed by atoms with Crippen LogP contribution in [0.2, 0.25) is 5.02 Å². The number of benzene rings is 2. The molecule has 1 aromatic heterocycles. The largest absolute Gasteiger partial charge is 0.333 e. The molecule has 110 valence electrons. The Labute approximate surface area is 133 Å². The maximum absolute atomic E-state index is 12.1. The lowest BCUT2D eigenvalue weighted by molar-refractivity contribution is 0.102. The van der Waals surface area contributed by atoms with Crippen molar-refractivity contribution in [2.24, 2.45) is 0 Å². The van der Waals surface area contributed by atoms with E-state index < -0.39 is 0 Å². The first-order chi connectivity index (χ1) is 10.7. The van der Waals surface area contributed by atoms with Crippen molar-refractivity contribution in [3.8, 4) is 0 Å². The highest BCUT2D eigenvalue weighted by Crippen LogP contribution is 2.15. The molecule has 0 fully saturated rings. The first-order valence-electron chi connectivity index (χ1n) is 6.82. The second kappa shape index (κ2) is 6.45. The average Bonchev–Trinajstić information content (AvgIpc) is 3.02. The topological polar surface area (TPSA) is 46.9 Å². The Kier molecular flexibility index (Phi) is 4.21. The fraction of sp³-hybridized carbons (Fsp3) is 0.0588. The van der Waals surface area contributed by atoms with Crippen molar-refractivity contribution < 1.29 is 4.79 Å². The van der Waals surface area contributed by atoms with Crippen molar-refractivity contribution in [3.63, 3.8) is 0 Å². The minimum atomic E-state index is -0.176. The van der Waals surface area contributed by atoms with Crippen LogP contribution in [0.1, 0.15) is 15.9 Å². The van der Waals surface area contributed by atoms with Gasteiger partial charge in [-0.15, -0.1) is 0 Å². The summed E-state index contributed by atoms with van der Waals surface area (Å²) in [6, 6.07) is 14.6. The number of carbonyl (C=O) groups is 1. The third-order valence-electron chi connectivity index (χ3n) is 3.22. The highest BCUT2D eigenvalue weighted by Gasteiger charge is 2.06. The summed E-state index contributed by atoms with van der Waals surface area (Å²) in [5, 5.41) is 3.40. The fourth-order valence-electron chi connectivity index (χ4n) is 2.12. The van der Waals surface area contributed by atoms with Gasteiger partial charge < -0.3 is 9.88 Å². The van der Waals surface area contributed by atoms with E-state index in [2.05, 4.69) is 10.3 Å². The molecule has 0 unspecified atom stereocenters. The van der Waals surface area contributed by atoms with Crippen molar-refractivity contribution in [2.75, 3.05) is 5.32 Å². The Hall–Kier alpha value is -2.59. The average molecular weight is 312 g/mol. The maximum Gasteiger partial charge on any atom is 0.255 e.